The van der Waals surface area contributed by atoms with Gasteiger partial charge >= 0.3 is 29.8 Å². The smallest absolute Gasteiger partial charge is 0.348 e. The van der Waals surface area contributed by atoms with Crippen LogP contribution in [0.25, 0.3) is 0 Å². The molecule has 13 rings (SSSR count). The van der Waals surface area contributed by atoms with Crippen molar-refractivity contribution >= 4 is 87.5 Å². The minimum atomic E-state index is -2.08. The van der Waals surface area contributed by atoms with Gasteiger partial charge in [-0.05, 0) is 101 Å². The number of carbonyl (C=O) groups excluding carboxylic acids is 11. The molecule has 99 heavy (non-hydrogen) atoms. The van der Waals surface area contributed by atoms with Crippen LogP contribution in [0.15, 0.2) is 118 Å². The minimum Gasteiger partial charge on any atom is -0.455 e. The quantitative estimate of drug-likeness (QED) is 0.0609. The highest BCUT2D eigenvalue weighted by Crippen LogP contribution is 2.67. The second-order valence-electron chi connectivity index (χ2n) is 29.6. The lowest BCUT2D eigenvalue weighted by molar-refractivity contribution is -0.338. The van der Waals surface area contributed by atoms with Gasteiger partial charge in [0, 0.05) is 60.8 Å². The number of ether oxygens (including phenoxy) is 7. The number of Topliss-reactive ketones (excluding diaryl/α,β-unsaturated/α-hetero) is 4. The first-order valence-corrected chi connectivity index (χ1v) is 35.1. The van der Waals surface area contributed by atoms with Crippen molar-refractivity contribution < 1.29 is 101 Å². The highest BCUT2D eigenvalue weighted by Gasteiger charge is 2.80. The Kier molecular flexibility index (Phi) is 18.8. The first-order chi connectivity index (χ1) is 46.3. The van der Waals surface area contributed by atoms with Crippen LogP contribution in [-0.4, -0.2) is 157 Å². The van der Waals surface area contributed by atoms with E-state index in [2.05, 4.69) is 0 Å². The monoisotopic (exact) mass is 1400 g/mol. The average Bonchev–Trinajstić information content (AvgIpc) is 0.738. The van der Waals surface area contributed by atoms with Crippen LogP contribution in [0.2, 0.25) is 0 Å². The fourth-order valence-electron chi connectivity index (χ4n) is 18.1. The van der Waals surface area contributed by atoms with E-state index in [1.807, 2.05) is 57.2 Å². The molecule has 2 aromatic heterocycles. The number of rotatable bonds is 9. The predicted octanol–water partition coefficient (Wildman–Crippen LogP) is 8.87. The molecule has 4 saturated carbocycles. The summed E-state index contributed by atoms with van der Waals surface area (Å²) < 4.78 is 41.8. The summed E-state index contributed by atoms with van der Waals surface area (Å²) in [6.07, 6.45) is -7.53. The van der Waals surface area contributed by atoms with E-state index < -0.39 is 170 Å². The molecule has 0 radical (unpaired) electrons. The van der Waals surface area contributed by atoms with Gasteiger partial charge in [-0.25, -0.2) is 9.59 Å². The van der Waals surface area contributed by atoms with Gasteiger partial charge in [0.15, 0.2) is 40.4 Å². The largest absolute Gasteiger partial charge is 0.455 e. The number of amides is 2. The number of β-lactam (4-membered cyclic amide) rings is 1. The van der Waals surface area contributed by atoms with Gasteiger partial charge in [0.2, 0.25) is 5.91 Å². The van der Waals surface area contributed by atoms with Crippen LogP contribution >= 0.6 is 22.7 Å². The number of benzene rings is 2. The summed E-state index contributed by atoms with van der Waals surface area (Å²) in [6.45, 7) is 22.1. The maximum Gasteiger partial charge on any atom is 0.348 e. The molecule has 4 aromatic rings. The van der Waals surface area contributed by atoms with Crippen molar-refractivity contribution in [2.24, 2.45) is 51.2 Å². The van der Waals surface area contributed by atoms with E-state index in [4.69, 9.17) is 33.2 Å². The lowest BCUT2D eigenvalue weighted by Gasteiger charge is -2.67. The van der Waals surface area contributed by atoms with E-state index in [1.54, 1.807) is 115 Å². The zero-order valence-corrected chi connectivity index (χ0v) is 59.5. The van der Waals surface area contributed by atoms with Gasteiger partial charge in [0.25, 0.3) is 5.91 Å². The summed E-state index contributed by atoms with van der Waals surface area (Å²) >= 11 is 2.30. The molecule has 3 saturated heterocycles. The summed E-state index contributed by atoms with van der Waals surface area (Å²) in [4.78, 5) is 147. The van der Waals surface area contributed by atoms with Gasteiger partial charge < -0.3 is 48.5 Å². The molecule has 22 nitrogen and oxygen atoms in total. The number of carbonyl (C=O) groups is 11. The van der Waals surface area contributed by atoms with Crippen molar-refractivity contribution in [2.75, 3.05) is 13.2 Å². The SMILES string of the molecule is CC(=O)OC12COC1C[C@H](C)[C@@]1(C)C(=O)C(O)C3=C(C)C(=O)CC(O)(C(OC(=O)c4cccs4)C21)C3(C)C.CC(=O)OC1C(=O)[C@@]2(C)C(C(OC(=O)c3cccs3)C3(O)CC(=O)C(C)=C1C3(C)C)C1(OC(C)=O)COC1C[C@@H]2C.C[C@H]1C(=O)N(C(=O)c2ccccc2)C1c1ccccc1. The molecule has 13 unspecified atom stereocenters. The number of imide groups is 1. The van der Waals surface area contributed by atoms with Gasteiger partial charge in [-0.3, -0.25) is 48.1 Å². The third-order valence-electron chi connectivity index (χ3n) is 23.9. The molecule has 5 heterocycles. The second-order valence-corrected chi connectivity index (χ2v) is 31.5. The van der Waals surface area contributed by atoms with Crippen LogP contribution in [0.4, 0.5) is 0 Å². The third kappa shape index (κ3) is 11.1. The molecular formula is C75H85NO21S2. The maximum atomic E-state index is 14.9. The van der Waals surface area contributed by atoms with Crippen LogP contribution in [0.5, 0.6) is 0 Å². The molecule has 6 aliphatic carbocycles. The number of fused-ring (bicyclic) bond motifs is 10. The van der Waals surface area contributed by atoms with Crippen molar-refractivity contribution in [3.05, 3.63) is 139 Å². The number of hydrogen-bond acceptors (Lipinski definition) is 23. The first-order valence-electron chi connectivity index (χ1n) is 33.3. The number of aliphatic hydroxyl groups is 3. The second kappa shape index (κ2) is 25.7. The van der Waals surface area contributed by atoms with Crippen LogP contribution in [0.1, 0.15) is 164 Å². The fraction of sp³-hybridized carbons (Fsp3) is 0.533. The highest BCUT2D eigenvalue weighted by molar-refractivity contribution is 7.12. The van der Waals surface area contributed by atoms with Gasteiger partial charge in [0.1, 0.15) is 51.5 Å². The van der Waals surface area contributed by atoms with Crippen LogP contribution in [0.3, 0.4) is 0 Å². The molecule has 0 spiro atoms. The molecule has 3 N–H and O–H groups in total. The Morgan fingerprint density at radius 3 is 1.38 bits per heavy atom. The van der Waals surface area contributed by atoms with Gasteiger partial charge in [0.05, 0.1) is 37.0 Å². The van der Waals surface area contributed by atoms with E-state index >= 15 is 0 Å². The number of allylic oxidation sites excluding steroid dienone is 2. The Morgan fingerprint density at radius 2 is 0.980 bits per heavy atom. The average molecular weight is 1400 g/mol. The maximum absolute atomic E-state index is 14.9. The van der Waals surface area contributed by atoms with Crippen molar-refractivity contribution in [3.63, 3.8) is 0 Å². The van der Waals surface area contributed by atoms with Gasteiger partial charge in [-0.1, -0.05) is 123 Å². The molecule has 2 amide bonds. The number of esters is 5. The molecule has 4 bridgehead atoms. The predicted molar refractivity (Wildman–Crippen MR) is 356 cm³/mol. The summed E-state index contributed by atoms with van der Waals surface area (Å²) in [5, 5.41) is 40.5. The van der Waals surface area contributed by atoms with Crippen molar-refractivity contribution in [3.8, 4) is 0 Å². The zero-order chi connectivity index (χ0) is 72.4. The zero-order valence-electron chi connectivity index (χ0n) is 57.9. The Bertz CT molecular complexity index is 4050. The molecule has 2 aromatic carbocycles. The van der Waals surface area contributed by atoms with E-state index in [0.29, 0.717) is 18.4 Å². The Labute approximate surface area is 581 Å². The topological polar surface area (TPSA) is 316 Å². The Balaban J connectivity index is 0.000000158. The van der Waals surface area contributed by atoms with Crippen LogP contribution in [0, 0.1) is 51.2 Å². The van der Waals surface area contributed by atoms with Crippen molar-refractivity contribution in [1.82, 2.24) is 4.90 Å². The van der Waals surface area contributed by atoms with E-state index in [1.165, 1.54) is 25.7 Å². The summed E-state index contributed by atoms with van der Waals surface area (Å²) in [6, 6.07) is 25.0. The molecule has 528 valence electrons. The molecule has 9 aliphatic rings. The van der Waals surface area contributed by atoms with Gasteiger partial charge in [-0.2, -0.15) is 0 Å². The standard InChI is InChI=1S/C30H36O10S.C28H34O9S.C17H15NO2/c1-14-11-20-29(13-37-20,40-17(4)32)23-25(39-26(35)19-9-8-10-41-19)30(36)12-18(33)15(2)21(27(30,5)6)22(38-16(3)31)24(34)28(14,23)7;1-13-10-18-27(12-35-18,37-15(3)29)21-23(36-24(33)17-8-7-9-38-17)28(34)11-16(30)14(2)19(25(28,4)5)20(31)22(32)26(13,21)6;1-12-15(13-8-4-2-5-9-13)18(16(12)19)17(20)14-10-6-3-7-11-14/h8-10,14,20,22-23,25,36H,11-13H2,1-7H3;7-9,13,18,20-21,23,31,34H,10-12H2,1-6H3;2-12,15H,1H3/t14-,20?,22?,23?,25?,28+,29?,30?;13-,18?,20?,21?,23?,26+,27?,28?;12-,15?/m001/s1. The number of ketones is 4. The lowest BCUT2D eigenvalue weighted by Crippen LogP contribution is -2.80. The molecule has 3 aliphatic heterocycles. The molecule has 7 fully saturated rings. The van der Waals surface area contributed by atoms with Crippen molar-refractivity contribution in [2.45, 2.75) is 188 Å². The normalized spacial score (nSPS) is 36.7. The van der Waals surface area contributed by atoms with Gasteiger partial charge in [-0.15, -0.1) is 22.7 Å². The number of aliphatic hydroxyl groups excluding tert-OH is 1. The van der Waals surface area contributed by atoms with E-state index in [9.17, 15) is 68.1 Å². The Morgan fingerprint density at radius 1 is 0.556 bits per heavy atom. The lowest BCUT2D eigenvalue weighted by atomic mass is 9.43. The Hall–Kier alpha value is -7.71. The minimum absolute atomic E-state index is 0.0766. The van der Waals surface area contributed by atoms with Crippen LogP contribution in [-0.2, 0) is 71.5 Å². The number of nitrogens with zero attached hydrogens (tertiary/aromatic N) is 1. The molecular weight excluding hydrogens is 1310 g/mol. The van der Waals surface area contributed by atoms with Crippen molar-refractivity contribution in [1.29, 1.82) is 0 Å². The first kappa shape index (κ1) is 72.5. The summed E-state index contributed by atoms with van der Waals surface area (Å²) in [5.41, 5.74) is -10.3. The highest BCUT2D eigenvalue weighted by atomic mass is 32.1. The third-order valence-corrected chi connectivity index (χ3v) is 25.6. The number of thiophene rings is 2. The van der Waals surface area contributed by atoms with E-state index in [-0.39, 0.29) is 69.0 Å². The number of hydrogen-bond donors (Lipinski definition) is 3. The number of likely N-dealkylation sites (tertiary alicyclic amines) is 1. The van der Waals surface area contributed by atoms with E-state index in [0.717, 1.165) is 28.2 Å². The molecule has 24 heteroatoms. The summed E-state index contributed by atoms with van der Waals surface area (Å²) in [5.74, 6) is -9.04. The van der Waals surface area contributed by atoms with Crippen LogP contribution < -0.4 is 0 Å². The summed E-state index contributed by atoms with van der Waals surface area (Å²) in [7, 11) is 0. The molecule has 18 atom stereocenters. The fourth-order valence-corrected chi connectivity index (χ4v) is 19.3.